The number of hydrogen-bond acceptors (Lipinski definition) is 10. The molecule has 0 unspecified atom stereocenters. The Morgan fingerprint density at radius 2 is 1.00 bits per heavy atom. The van der Waals surface area contributed by atoms with Gasteiger partial charge in [0.15, 0.2) is 0 Å². The van der Waals surface area contributed by atoms with Gasteiger partial charge in [0.05, 0.1) is 31.7 Å². The van der Waals surface area contributed by atoms with Crippen LogP contribution < -0.4 is 70.1 Å². The van der Waals surface area contributed by atoms with E-state index in [9.17, 15) is 25.9 Å². The minimum atomic E-state index is -4.16. The van der Waals surface area contributed by atoms with Gasteiger partial charge in [0.25, 0.3) is 0 Å². The van der Waals surface area contributed by atoms with Crippen LogP contribution in [0.4, 0.5) is 0 Å². The third kappa shape index (κ3) is 36.1. The maximum absolute atomic E-state index is 9.68. The van der Waals surface area contributed by atoms with Crippen LogP contribution in [0.2, 0.25) is 0 Å². The van der Waals surface area contributed by atoms with E-state index in [1.165, 1.54) is 0 Å². The molecule has 0 aromatic heterocycles. The molecule has 10 nitrogen and oxygen atoms in total. The van der Waals surface area contributed by atoms with E-state index in [4.69, 9.17) is 10.4 Å². The van der Waals surface area contributed by atoms with Gasteiger partial charge in [-0.25, -0.2) is 27.8 Å². The Kier molecular flexibility index (Phi) is 23.3. The zero-order valence-electron chi connectivity index (χ0n) is 9.99. The first-order chi connectivity index (χ1) is 7.12. The van der Waals surface area contributed by atoms with Crippen LogP contribution in [0.1, 0.15) is 0 Å². The summed E-state index contributed by atoms with van der Waals surface area (Å²) in [6.45, 7) is -0.433. The van der Waals surface area contributed by atoms with Gasteiger partial charge in [0, 0.05) is 13.1 Å². The van der Waals surface area contributed by atoms with Crippen molar-refractivity contribution in [3.8, 4) is 0 Å². The molecule has 18 heavy (non-hydrogen) atoms. The summed E-state index contributed by atoms with van der Waals surface area (Å²) in [4.78, 5) is 0. The van der Waals surface area contributed by atoms with Gasteiger partial charge < -0.3 is 19.5 Å². The molecule has 0 amide bonds. The summed E-state index contributed by atoms with van der Waals surface area (Å²) >= 11 is 0. The predicted molar refractivity (Wildman–Crippen MR) is 48.7 cm³/mol. The van der Waals surface area contributed by atoms with Crippen LogP contribution in [0.3, 0.4) is 0 Å². The topological polar surface area (TPSA) is 179 Å². The van der Waals surface area contributed by atoms with Crippen molar-refractivity contribution >= 4 is 20.2 Å². The molecule has 0 heterocycles. The molecule has 0 rings (SSSR count). The first-order valence-electron chi connectivity index (χ1n) is 3.73. The number of hydroxylamine groups is 2. The molecule has 0 aromatic carbocycles. The van der Waals surface area contributed by atoms with Gasteiger partial charge in [-0.05, 0) is 0 Å². The molecule has 14 heteroatoms. The standard InChI is InChI=1S/2C2H7NO4S.2Na/c2*4-3-1-2-8(5,6)7;;/h2*3-4H,1-2H2,(H,5,6,7);;/q;;2*+1/p-2. The maximum Gasteiger partial charge on any atom is 1.00 e. The monoisotopic (exact) mass is 326 g/mol. The summed E-state index contributed by atoms with van der Waals surface area (Å²) in [6, 6.07) is 0. The largest absolute Gasteiger partial charge is 1.00 e. The average Bonchev–Trinajstić information content (AvgIpc) is 2.10. The first-order valence-corrected chi connectivity index (χ1v) is 6.89. The van der Waals surface area contributed by atoms with Gasteiger partial charge in [-0.2, -0.15) is 0 Å². The van der Waals surface area contributed by atoms with Crippen LogP contribution in [-0.2, 0) is 20.2 Å². The second kappa shape index (κ2) is 15.1. The van der Waals surface area contributed by atoms with E-state index in [0.717, 1.165) is 0 Å². The van der Waals surface area contributed by atoms with Gasteiger partial charge in [-0.3, -0.25) is 0 Å². The zero-order chi connectivity index (χ0) is 13.2. The average molecular weight is 326 g/mol. The van der Waals surface area contributed by atoms with Crippen molar-refractivity contribution in [2.75, 3.05) is 24.6 Å². The summed E-state index contributed by atoms with van der Waals surface area (Å²) in [5.41, 5.74) is 3.09. The van der Waals surface area contributed by atoms with Crippen molar-refractivity contribution in [3.05, 3.63) is 0 Å². The summed E-state index contributed by atoms with van der Waals surface area (Å²) in [6.07, 6.45) is 0. The van der Waals surface area contributed by atoms with E-state index in [1.54, 1.807) is 11.0 Å². The quantitative estimate of drug-likeness (QED) is 0.208. The summed E-state index contributed by atoms with van der Waals surface area (Å²) in [5.74, 6) is -1.16. The Balaban J connectivity index is -0.0000000980. The van der Waals surface area contributed by atoms with Crippen LogP contribution >= 0.6 is 0 Å². The fourth-order valence-corrected chi connectivity index (χ4v) is 1.02. The molecule has 0 spiro atoms. The van der Waals surface area contributed by atoms with E-state index >= 15 is 0 Å². The second-order valence-electron chi connectivity index (χ2n) is 2.34. The van der Waals surface area contributed by atoms with Crippen molar-refractivity contribution in [1.82, 2.24) is 11.0 Å². The third-order valence-electron chi connectivity index (χ3n) is 0.928. The number of rotatable bonds is 6. The number of nitrogens with one attached hydrogen (secondary N) is 2. The molecule has 0 aliphatic rings. The molecule has 0 fully saturated rings. The van der Waals surface area contributed by atoms with E-state index in [1.807, 2.05) is 0 Å². The normalized spacial score (nSPS) is 10.4. The van der Waals surface area contributed by atoms with Gasteiger partial charge >= 0.3 is 59.1 Å². The fourth-order valence-electron chi connectivity index (χ4n) is 0.341. The minimum absolute atomic E-state index is 0. The van der Waals surface area contributed by atoms with E-state index in [2.05, 4.69) is 0 Å². The Labute approximate surface area is 150 Å². The molecule has 0 saturated carbocycles. The molecule has 0 atom stereocenters. The molecule has 0 aromatic rings. The van der Waals surface area contributed by atoms with Gasteiger partial charge in [0.1, 0.15) is 0 Å². The molecule has 0 radical (unpaired) electrons. The molecule has 0 aliphatic carbocycles. The molecule has 0 bridgehead atoms. The minimum Gasteiger partial charge on any atom is -0.748 e. The summed E-state index contributed by atoms with van der Waals surface area (Å²) < 4.78 is 58.1. The van der Waals surface area contributed by atoms with E-state index in [0.29, 0.717) is 0 Å². The van der Waals surface area contributed by atoms with Crippen molar-refractivity contribution in [2.24, 2.45) is 0 Å². The Bertz CT molecular complexity index is 321. The molecule has 4 N–H and O–H groups in total. The SMILES string of the molecule is O=S(=O)([O-])CCNO.O=S(=O)([O-])CCNO.[Na+].[Na+]. The smallest absolute Gasteiger partial charge is 0.748 e. The molecule has 100 valence electrons. The predicted octanol–water partition coefficient (Wildman–Crippen LogP) is -8.97. The summed E-state index contributed by atoms with van der Waals surface area (Å²) in [7, 11) is -8.32. The zero-order valence-corrected chi connectivity index (χ0v) is 15.6. The van der Waals surface area contributed by atoms with Crippen molar-refractivity contribution in [1.29, 1.82) is 0 Å². The molecular formula is C4H12N2Na2O8S2. The van der Waals surface area contributed by atoms with E-state index < -0.39 is 31.7 Å². The molecular weight excluding hydrogens is 314 g/mol. The van der Waals surface area contributed by atoms with Crippen LogP contribution in [-0.4, -0.2) is 61.0 Å². The Morgan fingerprint density at radius 3 is 1.06 bits per heavy atom. The van der Waals surface area contributed by atoms with Crippen molar-refractivity contribution < 1.29 is 95.5 Å². The van der Waals surface area contributed by atoms with Crippen molar-refractivity contribution in [3.63, 3.8) is 0 Å². The Hall–Kier alpha value is 1.66. The van der Waals surface area contributed by atoms with Gasteiger partial charge in [-0.1, -0.05) is 0 Å². The molecule has 0 saturated heterocycles. The van der Waals surface area contributed by atoms with Crippen LogP contribution in [0, 0.1) is 0 Å². The maximum atomic E-state index is 9.68. The van der Waals surface area contributed by atoms with E-state index in [-0.39, 0.29) is 72.2 Å². The van der Waals surface area contributed by atoms with Crippen LogP contribution in [0.15, 0.2) is 0 Å². The summed E-state index contributed by atoms with van der Waals surface area (Å²) in [5, 5.41) is 15.6. The third-order valence-corrected chi connectivity index (χ3v) is 2.34. The number of hydrogen-bond donors (Lipinski definition) is 4. The Morgan fingerprint density at radius 1 is 0.778 bits per heavy atom. The van der Waals surface area contributed by atoms with Gasteiger partial charge in [0.2, 0.25) is 0 Å². The van der Waals surface area contributed by atoms with Crippen LogP contribution in [0.5, 0.6) is 0 Å². The second-order valence-corrected chi connectivity index (χ2v) is 5.39. The van der Waals surface area contributed by atoms with Crippen molar-refractivity contribution in [2.45, 2.75) is 0 Å². The molecule has 0 aliphatic heterocycles. The van der Waals surface area contributed by atoms with Crippen LogP contribution in [0.25, 0.3) is 0 Å². The first kappa shape index (κ1) is 27.9. The van der Waals surface area contributed by atoms with Gasteiger partial charge in [-0.15, -0.1) is 0 Å². The fraction of sp³-hybridized carbons (Fsp3) is 1.00.